The number of carbonyl (C=O) groups excluding carboxylic acids is 1. The fourth-order valence-electron chi connectivity index (χ4n) is 1.85. The van der Waals surface area contributed by atoms with E-state index in [1.165, 1.54) is 6.20 Å². The number of aromatic nitrogens is 1. The number of nitro groups is 1. The SMILES string of the molecule is CCCN(CC(=O)OCC)c1ncc([N+](=O)[O-])c(C)c1Br. The van der Waals surface area contributed by atoms with Crippen LogP contribution in [0.1, 0.15) is 25.8 Å². The summed E-state index contributed by atoms with van der Waals surface area (Å²) in [7, 11) is 0. The molecule has 7 nitrogen and oxygen atoms in total. The van der Waals surface area contributed by atoms with Crippen molar-refractivity contribution in [2.24, 2.45) is 0 Å². The maximum absolute atomic E-state index is 11.7. The zero-order valence-corrected chi connectivity index (χ0v) is 13.8. The van der Waals surface area contributed by atoms with E-state index in [4.69, 9.17) is 4.74 Å². The predicted octanol–water partition coefficient (Wildman–Crippen LogP) is 2.84. The topological polar surface area (TPSA) is 85.6 Å². The van der Waals surface area contributed by atoms with E-state index in [1.54, 1.807) is 18.7 Å². The Hall–Kier alpha value is -1.70. The monoisotopic (exact) mass is 359 g/mol. The third-order valence-electron chi connectivity index (χ3n) is 2.83. The molecule has 8 heteroatoms. The van der Waals surface area contributed by atoms with E-state index in [1.807, 2.05) is 6.92 Å². The van der Waals surface area contributed by atoms with Crippen LogP contribution in [0.25, 0.3) is 0 Å². The molecule has 21 heavy (non-hydrogen) atoms. The van der Waals surface area contributed by atoms with E-state index >= 15 is 0 Å². The van der Waals surface area contributed by atoms with Gasteiger partial charge in [-0.05, 0) is 36.2 Å². The van der Waals surface area contributed by atoms with E-state index < -0.39 is 4.92 Å². The first-order valence-electron chi connectivity index (χ1n) is 6.62. The summed E-state index contributed by atoms with van der Waals surface area (Å²) < 4.78 is 5.46. The van der Waals surface area contributed by atoms with Crippen LogP contribution in [0.2, 0.25) is 0 Å². The van der Waals surface area contributed by atoms with Crippen molar-refractivity contribution in [2.75, 3.05) is 24.6 Å². The number of hydrogen-bond acceptors (Lipinski definition) is 6. The summed E-state index contributed by atoms with van der Waals surface area (Å²) in [6, 6.07) is 0. The molecule has 0 fully saturated rings. The summed E-state index contributed by atoms with van der Waals surface area (Å²) in [5.74, 6) is 0.156. The Kier molecular flexibility index (Phi) is 6.54. The molecule has 0 atom stereocenters. The second kappa shape index (κ2) is 7.92. The van der Waals surface area contributed by atoms with Crippen molar-refractivity contribution in [1.29, 1.82) is 0 Å². The molecule has 1 aromatic heterocycles. The van der Waals surface area contributed by atoms with E-state index in [2.05, 4.69) is 20.9 Å². The lowest BCUT2D eigenvalue weighted by Crippen LogP contribution is -2.32. The van der Waals surface area contributed by atoms with Gasteiger partial charge in [-0.25, -0.2) is 4.98 Å². The Morgan fingerprint density at radius 3 is 2.71 bits per heavy atom. The molecule has 0 aromatic carbocycles. The Morgan fingerprint density at radius 2 is 2.19 bits per heavy atom. The van der Waals surface area contributed by atoms with Gasteiger partial charge in [-0.1, -0.05) is 6.92 Å². The highest BCUT2D eigenvalue weighted by Crippen LogP contribution is 2.32. The molecule has 0 aliphatic heterocycles. The summed E-state index contributed by atoms with van der Waals surface area (Å²) in [5, 5.41) is 10.9. The van der Waals surface area contributed by atoms with Gasteiger partial charge in [0.15, 0.2) is 0 Å². The molecule has 0 aliphatic carbocycles. The number of rotatable bonds is 7. The summed E-state index contributed by atoms with van der Waals surface area (Å²) in [5.41, 5.74) is 0.424. The summed E-state index contributed by atoms with van der Waals surface area (Å²) in [6.07, 6.45) is 2.02. The lowest BCUT2D eigenvalue weighted by Gasteiger charge is -2.23. The molecule has 0 bridgehead atoms. The van der Waals surface area contributed by atoms with Crippen LogP contribution in [0.4, 0.5) is 11.5 Å². The van der Waals surface area contributed by atoms with Gasteiger partial charge in [-0.2, -0.15) is 0 Å². The van der Waals surface area contributed by atoms with Gasteiger partial charge in [0.25, 0.3) is 5.69 Å². The van der Waals surface area contributed by atoms with Crippen molar-refractivity contribution < 1.29 is 14.5 Å². The molecule has 1 heterocycles. The van der Waals surface area contributed by atoms with Crippen LogP contribution in [-0.4, -0.2) is 35.6 Å². The number of nitrogens with zero attached hydrogens (tertiary/aromatic N) is 3. The number of pyridine rings is 1. The van der Waals surface area contributed by atoms with Gasteiger partial charge in [0, 0.05) is 12.1 Å². The summed E-state index contributed by atoms with van der Waals surface area (Å²) in [4.78, 5) is 27.9. The number of hydrogen-bond donors (Lipinski definition) is 0. The molecule has 0 N–H and O–H groups in total. The molecular formula is C13H18BrN3O4. The maximum Gasteiger partial charge on any atom is 0.325 e. The molecule has 0 saturated carbocycles. The average molecular weight is 360 g/mol. The normalized spacial score (nSPS) is 10.3. The lowest BCUT2D eigenvalue weighted by atomic mass is 10.2. The van der Waals surface area contributed by atoms with Crippen LogP contribution in [0.3, 0.4) is 0 Å². The van der Waals surface area contributed by atoms with Crippen molar-refractivity contribution in [2.45, 2.75) is 27.2 Å². The van der Waals surface area contributed by atoms with Gasteiger partial charge in [-0.3, -0.25) is 14.9 Å². The number of esters is 1. The minimum Gasteiger partial charge on any atom is -0.465 e. The van der Waals surface area contributed by atoms with Crippen molar-refractivity contribution >= 4 is 33.4 Å². The smallest absolute Gasteiger partial charge is 0.325 e. The molecule has 0 radical (unpaired) electrons. The third kappa shape index (κ3) is 4.38. The number of carbonyl (C=O) groups is 1. The highest BCUT2D eigenvalue weighted by atomic mass is 79.9. The van der Waals surface area contributed by atoms with Crippen LogP contribution in [0, 0.1) is 17.0 Å². The van der Waals surface area contributed by atoms with E-state index in [0.29, 0.717) is 29.0 Å². The zero-order chi connectivity index (χ0) is 16.0. The summed E-state index contributed by atoms with van der Waals surface area (Å²) in [6.45, 7) is 6.33. The standard InChI is InChI=1S/C13H18BrN3O4/c1-4-6-16(8-11(18)21-5-2)13-12(14)9(3)10(7-15-13)17(19)20/h7H,4-6,8H2,1-3H3. The van der Waals surface area contributed by atoms with Crippen molar-refractivity contribution in [3.05, 3.63) is 26.3 Å². The first-order chi connectivity index (χ1) is 9.92. The second-order valence-electron chi connectivity index (χ2n) is 4.39. The van der Waals surface area contributed by atoms with Crippen LogP contribution in [-0.2, 0) is 9.53 Å². The molecular weight excluding hydrogens is 342 g/mol. The molecule has 0 unspecified atom stereocenters. The van der Waals surface area contributed by atoms with Gasteiger partial charge in [0.1, 0.15) is 18.6 Å². The zero-order valence-electron chi connectivity index (χ0n) is 12.3. The Morgan fingerprint density at radius 1 is 1.52 bits per heavy atom. The minimum absolute atomic E-state index is 0.0572. The highest BCUT2D eigenvalue weighted by Gasteiger charge is 2.22. The molecule has 1 rings (SSSR count). The third-order valence-corrected chi connectivity index (χ3v) is 3.78. The molecule has 116 valence electrons. The van der Waals surface area contributed by atoms with Crippen LogP contribution < -0.4 is 4.90 Å². The lowest BCUT2D eigenvalue weighted by molar-refractivity contribution is -0.385. The fraction of sp³-hybridized carbons (Fsp3) is 0.538. The van der Waals surface area contributed by atoms with Crippen LogP contribution in [0.5, 0.6) is 0 Å². The van der Waals surface area contributed by atoms with E-state index in [0.717, 1.165) is 6.42 Å². The molecule has 1 aromatic rings. The first kappa shape index (κ1) is 17.4. The van der Waals surface area contributed by atoms with Crippen LogP contribution >= 0.6 is 15.9 Å². The Labute approximate surface area is 131 Å². The molecule has 0 aliphatic rings. The molecule has 0 amide bonds. The van der Waals surface area contributed by atoms with Gasteiger partial charge < -0.3 is 9.64 Å². The van der Waals surface area contributed by atoms with Gasteiger partial charge >= 0.3 is 5.97 Å². The fourth-order valence-corrected chi connectivity index (χ4v) is 2.41. The highest BCUT2D eigenvalue weighted by molar-refractivity contribution is 9.10. The first-order valence-corrected chi connectivity index (χ1v) is 7.41. The molecule has 0 spiro atoms. The van der Waals surface area contributed by atoms with Crippen molar-refractivity contribution in [3.63, 3.8) is 0 Å². The van der Waals surface area contributed by atoms with Gasteiger partial charge in [0.2, 0.25) is 0 Å². The van der Waals surface area contributed by atoms with E-state index in [9.17, 15) is 14.9 Å². The second-order valence-corrected chi connectivity index (χ2v) is 5.18. The minimum atomic E-state index is -0.480. The largest absolute Gasteiger partial charge is 0.465 e. The molecule has 0 saturated heterocycles. The number of halogens is 1. The Balaban J connectivity index is 3.11. The predicted molar refractivity (Wildman–Crippen MR) is 82.5 cm³/mol. The number of anilines is 1. The van der Waals surface area contributed by atoms with Crippen LogP contribution in [0.15, 0.2) is 10.7 Å². The van der Waals surface area contributed by atoms with Crippen molar-refractivity contribution in [1.82, 2.24) is 4.98 Å². The van der Waals surface area contributed by atoms with Crippen molar-refractivity contribution in [3.8, 4) is 0 Å². The maximum atomic E-state index is 11.7. The number of ether oxygens (including phenoxy) is 1. The van der Waals surface area contributed by atoms with Gasteiger partial charge in [-0.15, -0.1) is 0 Å². The summed E-state index contributed by atoms with van der Waals surface area (Å²) >= 11 is 3.34. The van der Waals surface area contributed by atoms with E-state index in [-0.39, 0.29) is 18.2 Å². The van der Waals surface area contributed by atoms with Gasteiger partial charge in [0.05, 0.1) is 16.0 Å². The Bertz CT molecular complexity index is 536. The quantitative estimate of drug-likeness (QED) is 0.422. The average Bonchev–Trinajstić information content (AvgIpc) is 2.41.